The van der Waals surface area contributed by atoms with Gasteiger partial charge in [0.2, 0.25) is 0 Å². The van der Waals surface area contributed by atoms with Gasteiger partial charge in [-0.25, -0.2) is 9.78 Å². The number of aryl methyl sites for hydroxylation is 1. The highest BCUT2D eigenvalue weighted by Crippen LogP contribution is 2.22. The lowest BCUT2D eigenvalue weighted by Gasteiger charge is -2.18. The van der Waals surface area contributed by atoms with E-state index in [-0.39, 0.29) is 5.56 Å². The molecule has 1 aromatic carbocycles. The Morgan fingerprint density at radius 3 is 2.69 bits per heavy atom. The number of pyridine rings is 1. The first kappa shape index (κ1) is 16.3. The summed E-state index contributed by atoms with van der Waals surface area (Å²) in [5.41, 5.74) is 1.09. The number of benzene rings is 1. The quantitative estimate of drug-likeness (QED) is 0.734. The van der Waals surface area contributed by atoms with Gasteiger partial charge in [-0.3, -0.25) is 4.79 Å². The summed E-state index contributed by atoms with van der Waals surface area (Å²) >= 11 is 0. The third-order valence-electron chi connectivity index (χ3n) is 4.64. The Balaban J connectivity index is 1.60. The van der Waals surface area contributed by atoms with Gasteiger partial charge in [0, 0.05) is 18.5 Å². The molecule has 6 nitrogen and oxygen atoms in total. The van der Waals surface area contributed by atoms with E-state index in [1.165, 1.54) is 12.8 Å². The molecule has 1 saturated heterocycles. The summed E-state index contributed by atoms with van der Waals surface area (Å²) in [5, 5.41) is 3.47. The number of aromatic nitrogens is 1. The zero-order valence-electron chi connectivity index (χ0n) is 14.5. The second-order valence-corrected chi connectivity index (χ2v) is 6.44. The van der Waals surface area contributed by atoms with E-state index in [1.54, 1.807) is 24.3 Å². The van der Waals surface area contributed by atoms with E-state index >= 15 is 0 Å². The molecule has 3 aromatic rings. The number of amides is 1. The molecule has 132 valence electrons. The smallest absolute Gasteiger partial charge is 0.349 e. The Morgan fingerprint density at radius 2 is 1.92 bits per heavy atom. The van der Waals surface area contributed by atoms with Crippen LogP contribution in [-0.2, 0) is 0 Å². The van der Waals surface area contributed by atoms with Gasteiger partial charge >= 0.3 is 5.63 Å². The highest BCUT2D eigenvalue weighted by molar-refractivity contribution is 6.05. The van der Waals surface area contributed by atoms with Gasteiger partial charge in [0.25, 0.3) is 5.91 Å². The molecular weight excluding hydrogens is 330 g/mol. The molecule has 1 aliphatic rings. The molecule has 0 bridgehead atoms. The third-order valence-corrected chi connectivity index (χ3v) is 4.64. The first-order chi connectivity index (χ1) is 12.6. The van der Waals surface area contributed by atoms with E-state index in [9.17, 15) is 9.59 Å². The van der Waals surface area contributed by atoms with Crippen LogP contribution >= 0.6 is 0 Å². The molecule has 0 unspecified atom stereocenters. The molecule has 0 atom stereocenters. The van der Waals surface area contributed by atoms with Crippen molar-refractivity contribution in [3.05, 3.63) is 64.1 Å². The number of hydrogen-bond acceptors (Lipinski definition) is 5. The second kappa shape index (κ2) is 6.63. The first-order valence-electron chi connectivity index (χ1n) is 8.69. The molecule has 1 aliphatic heterocycles. The predicted molar refractivity (Wildman–Crippen MR) is 101 cm³/mol. The first-order valence-corrected chi connectivity index (χ1v) is 8.69. The Hall–Kier alpha value is -3.15. The van der Waals surface area contributed by atoms with Crippen molar-refractivity contribution >= 4 is 28.4 Å². The van der Waals surface area contributed by atoms with Gasteiger partial charge in [-0.1, -0.05) is 18.2 Å². The number of rotatable bonds is 3. The lowest BCUT2D eigenvalue weighted by Crippen LogP contribution is -2.22. The predicted octanol–water partition coefficient (Wildman–Crippen LogP) is 3.35. The summed E-state index contributed by atoms with van der Waals surface area (Å²) in [7, 11) is 0. The van der Waals surface area contributed by atoms with Crippen molar-refractivity contribution in [2.75, 3.05) is 23.3 Å². The molecule has 0 saturated carbocycles. The van der Waals surface area contributed by atoms with Gasteiger partial charge in [0.05, 0.1) is 11.4 Å². The molecule has 26 heavy (non-hydrogen) atoms. The summed E-state index contributed by atoms with van der Waals surface area (Å²) < 4.78 is 5.23. The number of nitrogens with one attached hydrogen (secondary N) is 1. The molecule has 1 amide bonds. The maximum atomic E-state index is 12.6. The van der Waals surface area contributed by atoms with E-state index in [0.29, 0.717) is 22.4 Å². The molecular formula is C20H19N3O3. The minimum absolute atomic E-state index is 0.0216. The Labute approximate surface area is 150 Å². The van der Waals surface area contributed by atoms with E-state index in [1.807, 2.05) is 25.1 Å². The number of hydrogen-bond donors (Lipinski definition) is 1. The van der Waals surface area contributed by atoms with Gasteiger partial charge in [-0.15, -0.1) is 0 Å². The van der Waals surface area contributed by atoms with Crippen LogP contribution in [0.2, 0.25) is 0 Å². The van der Waals surface area contributed by atoms with E-state index < -0.39 is 11.5 Å². The highest BCUT2D eigenvalue weighted by Gasteiger charge is 2.17. The standard InChI is InChI=1S/C20H19N3O3/c1-13-16(8-9-18(21-13)23-10-4-5-11-23)22-19(24)15-12-14-6-2-3-7-17(14)26-20(15)25/h2-3,6-9,12H,4-5,10-11H2,1H3,(H,22,24). The summed E-state index contributed by atoms with van der Waals surface area (Å²) in [6.07, 6.45) is 2.36. The molecule has 0 spiro atoms. The lowest BCUT2D eigenvalue weighted by molar-refractivity contribution is 0.102. The minimum atomic E-state index is -0.652. The topological polar surface area (TPSA) is 75.4 Å². The van der Waals surface area contributed by atoms with Gasteiger partial charge in [0.15, 0.2) is 0 Å². The number of para-hydroxylation sites is 1. The van der Waals surface area contributed by atoms with Crippen molar-refractivity contribution in [3.8, 4) is 0 Å². The zero-order valence-corrected chi connectivity index (χ0v) is 14.5. The second-order valence-electron chi connectivity index (χ2n) is 6.44. The third kappa shape index (κ3) is 3.06. The maximum absolute atomic E-state index is 12.6. The Kier molecular flexibility index (Phi) is 4.16. The SMILES string of the molecule is Cc1nc(N2CCCC2)ccc1NC(=O)c1cc2ccccc2oc1=O. The van der Waals surface area contributed by atoms with Crippen LogP contribution in [0, 0.1) is 6.92 Å². The van der Waals surface area contributed by atoms with Crippen LogP contribution in [0.15, 0.2) is 51.7 Å². The number of carbonyl (C=O) groups is 1. The average molecular weight is 349 g/mol. The van der Waals surface area contributed by atoms with Gasteiger partial charge in [0.1, 0.15) is 17.0 Å². The van der Waals surface area contributed by atoms with Crippen LogP contribution in [0.1, 0.15) is 28.9 Å². The molecule has 3 heterocycles. The average Bonchev–Trinajstić information content (AvgIpc) is 3.17. The summed E-state index contributed by atoms with van der Waals surface area (Å²) in [4.78, 5) is 31.5. The monoisotopic (exact) mass is 349 g/mol. The van der Waals surface area contributed by atoms with Gasteiger partial charge in [-0.2, -0.15) is 0 Å². The Bertz CT molecular complexity index is 1040. The number of carbonyl (C=O) groups excluding carboxylic acids is 1. The molecule has 0 radical (unpaired) electrons. The van der Waals surface area contributed by atoms with Crippen molar-refractivity contribution in [1.82, 2.24) is 4.98 Å². The van der Waals surface area contributed by atoms with Crippen molar-refractivity contribution in [3.63, 3.8) is 0 Å². The van der Waals surface area contributed by atoms with Crippen LogP contribution in [-0.4, -0.2) is 24.0 Å². The Morgan fingerprint density at radius 1 is 1.15 bits per heavy atom. The molecule has 6 heteroatoms. The fourth-order valence-electron chi connectivity index (χ4n) is 3.21. The molecule has 1 fully saturated rings. The number of anilines is 2. The number of nitrogens with zero attached hydrogens (tertiary/aromatic N) is 2. The fraction of sp³-hybridized carbons (Fsp3) is 0.250. The van der Waals surface area contributed by atoms with Crippen LogP contribution in [0.25, 0.3) is 11.0 Å². The molecule has 4 rings (SSSR count). The van der Waals surface area contributed by atoms with E-state index in [4.69, 9.17) is 4.42 Å². The fourth-order valence-corrected chi connectivity index (χ4v) is 3.21. The van der Waals surface area contributed by atoms with Crippen LogP contribution < -0.4 is 15.8 Å². The van der Waals surface area contributed by atoms with Crippen LogP contribution in [0.4, 0.5) is 11.5 Å². The normalized spacial score (nSPS) is 14.0. The minimum Gasteiger partial charge on any atom is -0.422 e. The maximum Gasteiger partial charge on any atom is 0.349 e. The highest BCUT2D eigenvalue weighted by atomic mass is 16.4. The summed E-state index contributed by atoms with van der Waals surface area (Å²) in [5.74, 6) is 0.423. The van der Waals surface area contributed by atoms with Crippen molar-refractivity contribution < 1.29 is 9.21 Å². The van der Waals surface area contributed by atoms with Crippen molar-refractivity contribution in [2.45, 2.75) is 19.8 Å². The van der Waals surface area contributed by atoms with E-state index in [2.05, 4.69) is 15.2 Å². The van der Waals surface area contributed by atoms with E-state index in [0.717, 1.165) is 18.9 Å². The largest absolute Gasteiger partial charge is 0.422 e. The lowest BCUT2D eigenvalue weighted by atomic mass is 10.1. The van der Waals surface area contributed by atoms with Crippen molar-refractivity contribution in [1.29, 1.82) is 0 Å². The molecule has 1 N–H and O–H groups in total. The van der Waals surface area contributed by atoms with Crippen LogP contribution in [0.5, 0.6) is 0 Å². The number of fused-ring (bicyclic) bond motifs is 1. The van der Waals surface area contributed by atoms with Crippen LogP contribution in [0.3, 0.4) is 0 Å². The zero-order chi connectivity index (χ0) is 18.1. The summed E-state index contributed by atoms with van der Waals surface area (Å²) in [6.45, 7) is 3.87. The van der Waals surface area contributed by atoms with Gasteiger partial charge < -0.3 is 14.6 Å². The molecule has 2 aromatic heterocycles. The summed E-state index contributed by atoms with van der Waals surface area (Å²) in [6, 6.07) is 12.4. The molecule has 0 aliphatic carbocycles. The van der Waals surface area contributed by atoms with Crippen molar-refractivity contribution in [2.24, 2.45) is 0 Å². The van der Waals surface area contributed by atoms with Gasteiger partial charge in [-0.05, 0) is 44.0 Å².